The molecule has 0 bridgehead atoms. The first kappa shape index (κ1) is 9.92. The predicted molar refractivity (Wildman–Crippen MR) is 58.2 cm³/mol. The van der Waals surface area contributed by atoms with Gasteiger partial charge >= 0.3 is 5.97 Å². The molecular weight excluding hydrogens is 212 g/mol. The van der Waals surface area contributed by atoms with Crippen molar-refractivity contribution < 1.29 is 9.90 Å². The fourth-order valence-electron chi connectivity index (χ4n) is 1.65. The lowest BCUT2D eigenvalue weighted by molar-refractivity contribution is 0.0697. The lowest BCUT2D eigenvalue weighted by atomic mass is 10.1. The Morgan fingerprint density at radius 2 is 2.33 bits per heavy atom. The van der Waals surface area contributed by atoms with Crippen molar-refractivity contribution in [1.29, 1.82) is 0 Å². The van der Waals surface area contributed by atoms with Gasteiger partial charge in [0.05, 0.1) is 11.3 Å². The van der Waals surface area contributed by atoms with E-state index in [1.54, 1.807) is 23.9 Å². The van der Waals surface area contributed by atoms with Crippen LogP contribution in [0.25, 0.3) is 10.7 Å². The van der Waals surface area contributed by atoms with Gasteiger partial charge in [-0.1, -0.05) is 0 Å². The van der Waals surface area contributed by atoms with Crippen molar-refractivity contribution in [3.8, 4) is 10.7 Å². The Balaban J connectivity index is 2.70. The summed E-state index contributed by atoms with van der Waals surface area (Å²) in [6.07, 6.45) is 3.48. The molecule has 0 fully saturated rings. The highest BCUT2D eigenvalue weighted by Crippen LogP contribution is 2.28. The normalized spacial score (nSPS) is 10.5. The Morgan fingerprint density at radius 1 is 1.60 bits per heavy atom. The molecule has 4 nitrogen and oxygen atoms in total. The average Bonchev–Trinajstić information content (AvgIpc) is 2.71. The summed E-state index contributed by atoms with van der Waals surface area (Å²) >= 11 is 1.44. The van der Waals surface area contributed by atoms with Crippen molar-refractivity contribution in [1.82, 2.24) is 9.55 Å². The van der Waals surface area contributed by atoms with Crippen molar-refractivity contribution in [3.63, 3.8) is 0 Å². The number of thiazole rings is 1. The van der Waals surface area contributed by atoms with Crippen LogP contribution in [-0.2, 0) is 7.05 Å². The Hall–Kier alpha value is -1.62. The highest BCUT2D eigenvalue weighted by Gasteiger charge is 2.20. The van der Waals surface area contributed by atoms with E-state index in [1.165, 1.54) is 11.3 Å². The maximum Gasteiger partial charge on any atom is 0.338 e. The van der Waals surface area contributed by atoms with Crippen LogP contribution >= 0.6 is 11.3 Å². The Bertz CT molecular complexity index is 500. The van der Waals surface area contributed by atoms with E-state index in [0.29, 0.717) is 11.3 Å². The number of aromatic carboxylic acids is 1. The van der Waals surface area contributed by atoms with Crippen molar-refractivity contribution >= 4 is 17.3 Å². The van der Waals surface area contributed by atoms with Crippen molar-refractivity contribution in [2.45, 2.75) is 6.92 Å². The fraction of sp³-hybridized carbons (Fsp3) is 0.200. The molecule has 0 saturated heterocycles. The van der Waals surface area contributed by atoms with Crippen molar-refractivity contribution in [2.75, 3.05) is 0 Å². The summed E-state index contributed by atoms with van der Waals surface area (Å²) in [5.74, 6) is -0.904. The third-order valence-electron chi connectivity index (χ3n) is 2.22. The van der Waals surface area contributed by atoms with Gasteiger partial charge in [0.15, 0.2) is 0 Å². The molecule has 0 aliphatic heterocycles. The van der Waals surface area contributed by atoms with Crippen molar-refractivity contribution in [3.05, 3.63) is 28.9 Å². The standard InChI is InChI=1S/C10H10N2O2S/c1-6-5-12(2)8(7(6)10(13)14)9-11-3-4-15-9/h3-5H,1-2H3,(H,13,14). The van der Waals surface area contributed by atoms with E-state index in [0.717, 1.165) is 10.6 Å². The van der Waals surface area contributed by atoms with Crippen LogP contribution in [0.5, 0.6) is 0 Å². The van der Waals surface area contributed by atoms with Crippen LogP contribution in [0.4, 0.5) is 0 Å². The predicted octanol–water partition coefficient (Wildman–Crippen LogP) is 2.16. The molecule has 0 spiro atoms. The smallest absolute Gasteiger partial charge is 0.338 e. The first-order chi connectivity index (χ1) is 7.11. The van der Waals surface area contributed by atoms with E-state index in [4.69, 9.17) is 5.11 Å². The van der Waals surface area contributed by atoms with Crippen LogP contribution in [0, 0.1) is 6.92 Å². The van der Waals surface area contributed by atoms with Crippen LogP contribution in [0.2, 0.25) is 0 Å². The number of rotatable bonds is 2. The van der Waals surface area contributed by atoms with Crippen LogP contribution < -0.4 is 0 Å². The maximum atomic E-state index is 11.1. The molecule has 0 radical (unpaired) electrons. The Morgan fingerprint density at radius 3 is 2.87 bits per heavy atom. The van der Waals surface area contributed by atoms with Gasteiger partial charge in [-0.3, -0.25) is 0 Å². The van der Waals surface area contributed by atoms with E-state index in [9.17, 15) is 4.79 Å². The van der Waals surface area contributed by atoms with Crippen molar-refractivity contribution in [2.24, 2.45) is 7.05 Å². The van der Waals surface area contributed by atoms with Crippen LogP contribution in [0.1, 0.15) is 15.9 Å². The minimum atomic E-state index is -0.904. The lowest BCUT2D eigenvalue weighted by Gasteiger charge is -2.00. The number of carboxylic acids is 1. The minimum Gasteiger partial charge on any atom is -0.478 e. The lowest BCUT2D eigenvalue weighted by Crippen LogP contribution is -2.00. The van der Waals surface area contributed by atoms with Gasteiger partial charge in [-0.05, 0) is 12.5 Å². The van der Waals surface area contributed by atoms with Gasteiger partial charge in [-0.15, -0.1) is 11.3 Å². The quantitative estimate of drug-likeness (QED) is 0.847. The minimum absolute atomic E-state index is 0.340. The number of carboxylic acid groups (broad SMARTS) is 1. The van der Waals surface area contributed by atoms with Gasteiger partial charge in [-0.25, -0.2) is 9.78 Å². The molecule has 2 aromatic heterocycles. The molecule has 15 heavy (non-hydrogen) atoms. The largest absolute Gasteiger partial charge is 0.478 e. The zero-order chi connectivity index (χ0) is 11.0. The summed E-state index contributed by atoms with van der Waals surface area (Å²) < 4.78 is 1.80. The molecule has 2 heterocycles. The van der Waals surface area contributed by atoms with Crippen LogP contribution in [-0.4, -0.2) is 20.6 Å². The second kappa shape index (κ2) is 3.51. The van der Waals surface area contributed by atoms with Crippen LogP contribution in [0.3, 0.4) is 0 Å². The van der Waals surface area contributed by atoms with E-state index in [2.05, 4.69) is 4.98 Å². The zero-order valence-electron chi connectivity index (χ0n) is 8.39. The van der Waals surface area contributed by atoms with Gasteiger partial charge < -0.3 is 9.67 Å². The number of hydrogen-bond donors (Lipinski definition) is 1. The highest BCUT2D eigenvalue weighted by atomic mass is 32.1. The molecule has 0 aliphatic carbocycles. The molecule has 2 aromatic rings. The summed E-state index contributed by atoms with van der Waals surface area (Å²) in [5, 5.41) is 11.7. The number of hydrogen-bond acceptors (Lipinski definition) is 3. The molecule has 0 saturated carbocycles. The molecule has 0 aliphatic rings. The SMILES string of the molecule is Cc1cn(C)c(-c2nccs2)c1C(=O)O. The molecule has 0 atom stereocenters. The molecule has 2 rings (SSSR count). The number of aryl methyl sites for hydroxylation is 2. The maximum absolute atomic E-state index is 11.1. The highest BCUT2D eigenvalue weighted by molar-refractivity contribution is 7.13. The van der Waals surface area contributed by atoms with E-state index >= 15 is 0 Å². The van der Waals surface area contributed by atoms with E-state index < -0.39 is 5.97 Å². The van der Waals surface area contributed by atoms with Crippen LogP contribution in [0.15, 0.2) is 17.8 Å². The topological polar surface area (TPSA) is 55.1 Å². The van der Waals surface area contributed by atoms with Gasteiger partial charge in [0.25, 0.3) is 0 Å². The molecule has 78 valence electrons. The number of nitrogens with zero attached hydrogens (tertiary/aromatic N) is 2. The Labute approximate surface area is 90.8 Å². The first-order valence-electron chi connectivity index (χ1n) is 4.40. The third-order valence-corrected chi connectivity index (χ3v) is 3.00. The average molecular weight is 222 g/mol. The summed E-state index contributed by atoms with van der Waals surface area (Å²) in [5.41, 5.74) is 1.78. The second-order valence-corrected chi connectivity index (χ2v) is 4.18. The molecule has 0 unspecified atom stereocenters. The summed E-state index contributed by atoms with van der Waals surface area (Å²) in [4.78, 5) is 15.3. The van der Waals surface area contributed by atoms with E-state index in [-0.39, 0.29) is 0 Å². The molecule has 5 heteroatoms. The molecular formula is C10H10N2O2S. The summed E-state index contributed by atoms with van der Waals surface area (Å²) in [6, 6.07) is 0. The molecule has 1 N–H and O–H groups in total. The fourth-order valence-corrected chi connectivity index (χ4v) is 2.38. The second-order valence-electron chi connectivity index (χ2n) is 3.29. The van der Waals surface area contributed by atoms with Gasteiger partial charge in [-0.2, -0.15) is 0 Å². The molecule has 0 aromatic carbocycles. The third kappa shape index (κ3) is 1.55. The summed E-state index contributed by atoms with van der Waals surface area (Å²) in [6.45, 7) is 1.79. The van der Waals surface area contributed by atoms with Gasteiger partial charge in [0, 0.05) is 24.8 Å². The monoisotopic (exact) mass is 222 g/mol. The number of carbonyl (C=O) groups is 1. The first-order valence-corrected chi connectivity index (χ1v) is 5.28. The summed E-state index contributed by atoms with van der Waals surface area (Å²) in [7, 11) is 1.83. The van der Waals surface area contributed by atoms with Gasteiger partial charge in [0.2, 0.25) is 0 Å². The van der Waals surface area contributed by atoms with E-state index in [1.807, 2.05) is 12.4 Å². The Kier molecular flexibility index (Phi) is 2.32. The molecule has 0 amide bonds. The van der Waals surface area contributed by atoms with Gasteiger partial charge in [0.1, 0.15) is 5.01 Å². The zero-order valence-corrected chi connectivity index (χ0v) is 9.21. The number of aromatic nitrogens is 2.